The first-order chi connectivity index (χ1) is 27.3. The van der Waals surface area contributed by atoms with E-state index in [1.54, 1.807) is 0 Å². The van der Waals surface area contributed by atoms with Gasteiger partial charge < -0.3 is 25.6 Å². The quantitative estimate of drug-likeness (QED) is 0.0273. The Morgan fingerprint density at radius 2 is 0.929 bits per heavy atom. The Balaban J connectivity index is 4.31. The van der Waals surface area contributed by atoms with Crippen molar-refractivity contribution in [2.24, 2.45) is 0 Å². The maximum Gasteiger partial charge on any atom is 0.328 e. The molecule has 0 saturated carbocycles. The molecule has 0 radical (unpaired) electrons. The fourth-order valence-corrected chi connectivity index (χ4v) is 7.13. The van der Waals surface area contributed by atoms with E-state index in [-0.39, 0.29) is 24.5 Å². The van der Waals surface area contributed by atoms with Gasteiger partial charge in [-0.15, -0.1) is 0 Å². The second-order valence-electron chi connectivity index (χ2n) is 16.2. The van der Waals surface area contributed by atoms with Gasteiger partial charge in [0.25, 0.3) is 0 Å². The van der Waals surface area contributed by atoms with E-state index in [1.807, 2.05) is 0 Å². The number of ether oxygens (including phenoxy) is 1. The van der Waals surface area contributed by atoms with Crippen LogP contribution in [0.4, 0.5) is 0 Å². The highest BCUT2D eigenvalue weighted by Gasteiger charge is 2.19. The predicted molar refractivity (Wildman–Crippen MR) is 232 cm³/mol. The molecule has 0 spiro atoms. The number of aliphatic hydroxyl groups is 1. The standard InChI is InChI=1S/C47H88N2O7/c1-3-5-7-9-11-13-15-17-18-20-22-24-26-31-35-39-46(53)56-42(36-32-28-25-23-21-19-16-14-12-10-8-6-4-2)37-33-29-27-30-34-38-44(51)48-40-45(52)49-43(41-50)47(54)55/h23,25,42-43,50H,3-22,24,26-41H2,1-2H3,(H,48,51)(H,49,52)(H,54,55)/b25-23-. The molecule has 328 valence electrons. The molecule has 0 aliphatic rings. The molecule has 9 heteroatoms. The molecule has 2 atom stereocenters. The summed E-state index contributed by atoms with van der Waals surface area (Å²) in [5.41, 5.74) is 0. The number of allylic oxidation sites excluding steroid dienone is 2. The predicted octanol–water partition coefficient (Wildman–Crippen LogP) is 11.8. The fraction of sp³-hybridized carbons (Fsp3) is 0.872. The van der Waals surface area contributed by atoms with Gasteiger partial charge >= 0.3 is 11.9 Å². The van der Waals surface area contributed by atoms with Crippen LogP contribution < -0.4 is 10.6 Å². The number of carboxylic acids is 1. The summed E-state index contributed by atoms with van der Waals surface area (Å²) < 4.78 is 6.03. The summed E-state index contributed by atoms with van der Waals surface area (Å²) in [4.78, 5) is 47.6. The van der Waals surface area contributed by atoms with E-state index in [4.69, 9.17) is 14.9 Å². The average molecular weight is 793 g/mol. The van der Waals surface area contributed by atoms with Gasteiger partial charge in [-0.3, -0.25) is 14.4 Å². The molecule has 0 aromatic heterocycles. The summed E-state index contributed by atoms with van der Waals surface area (Å²) in [6.45, 7) is 3.50. The maximum absolute atomic E-state index is 12.8. The number of unbranched alkanes of at least 4 members (excludes halogenated alkanes) is 27. The van der Waals surface area contributed by atoms with Crippen LogP contribution in [0.5, 0.6) is 0 Å². The molecule has 2 unspecified atom stereocenters. The van der Waals surface area contributed by atoms with Crippen molar-refractivity contribution in [3.8, 4) is 0 Å². The molecule has 56 heavy (non-hydrogen) atoms. The van der Waals surface area contributed by atoms with Crippen molar-refractivity contribution in [1.29, 1.82) is 0 Å². The number of carboxylic acid groups (broad SMARTS) is 1. The van der Waals surface area contributed by atoms with E-state index in [1.165, 1.54) is 135 Å². The summed E-state index contributed by atoms with van der Waals surface area (Å²) in [7, 11) is 0. The Kier molecular flexibility index (Phi) is 40.4. The topological polar surface area (TPSA) is 142 Å². The number of aliphatic hydroxyl groups excluding tert-OH is 1. The van der Waals surface area contributed by atoms with Crippen molar-refractivity contribution in [3.05, 3.63) is 12.2 Å². The molecular formula is C47H88N2O7. The van der Waals surface area contributed by atoms with Crippen molar-refractivity contribution < 1.29 is 34.1 Å². The smallest absolute Gasteiger partial charge is 0.328 e. The van der Waals surface area contributed by atoms with Gasteiger partial charge in [0.1, 0.15) is 12.1 Å². The summed E-state index contributed by atoms with van der Waals surface area (Å²) in [5, 5.41) is 22.6. The first-order valence-electron chi connectivity index (χ1n) is 23.6. The lowest BCUT2D eigenvalue weighted by atomic mass is 10.0. The van der Waals surface area contributed by atoms with E-state index in [0.29, 0.717) is 19.3 Å². The third kappa shape index (κ3) is 38.5. The second kappa shape index (κ2) is 42.2. The molecule has 0 heterocycles. The fourth-order valence-electron chi connectivity index (χ4n) is 7.13. The normalized spacial score (nSPS) is 12.5. The Morgan fingerprint density at radius 3 is 1.41 bits per heavy atom. The molecule has 2 amide bonds. The minimum Gasteiger partial charge on any atom is -0.480 e. The van der Waals surface area contributed by atoms with Crippen molar-refractivity contribution >= 4 is 23.8 Å². The highest BCUT2D eigenvalue weighted by atomic mass is 16.5. The number of hydrogen-bond acceptors (Lipinski definition) is 6. The van der Waals surface area contributed by atoms with E-state index in [0.717, 1.165) is 70.6 Å². The van der Waals surface area contributed by atoms with Crippen LogP contribution in [-0.2, 0) is 23.9 Å². The van der Waals surface area contributed by atoms with E-state index in [2.05, 4.69) is 36.6 Å². The Bertz CT molecular complexity index is 957. The van der Waals surface area contributed by atoms with Gasteiger partial charge in [-0.05, 0) is 57.8 Å². The summed E-state index contributed by atoms with van der Waals surface area (Å²) in [6.07, 6.45) is 45.3. The number of aliphatic carboxylic acids is 1. The van der Waals surface area contributed by atoms with Crippen LogP contribution in [0.3, 0.4) is 0 Å². The molecule has 4 N–H and O–H groups in total. The second-order valence-corrected chi connectivity index (χ2v) is 16.2. The summed E-state index contributed by atoms with van der Waals surface area (Å²) >= 11 is 0. The summed E-state index contributed by atoms with van der Waals surface area (Å²) in [6, 6.07) is -1.38. The van der Waals surface area contributed by atoms with Crippen molar-refractivity contribution in [2.45, 2.75) is 251 Å². The lowest BCUT2D eigenvalue weighted by Gasteiger charge is -2.18. The van der Waals surface area contributed by atoms with Gasteiger partial charge in [0.15, 0.2) is 0 Å². The summed E-state index contributed by atoms with van der Waals surface area (Å²) in [5.74, 6) is -2.29. The SMILES string of the molecule is CCCCCCCCCC/C=C\CCCC(CCCCCCCC(=O)NCC(=O)NC(CO)C(=O)O)OC(=O)CCCCCCCCCCCCCCCCC. The van der Waals surface area contributed by atoms with Gasteiger partial charge in [0.2, 0.25) is 11.8 Å². The molecule has 0 rings (SSSR count). The number of carbonyl (C=O) groups excluding carboxylic acids is 3. The molecule has 0 aromatic rings. The molecule has 0 aliphatic heterocycles. The van der Waals surface area contributed by atoms with E-state index in [9.17, 15) is 19.2 Å². The first kappa shape index (κ1) is 53.6. The Labute approximate surface area is 343 Å². The zero-order valence-corrected chi connectivity index (χ0v) is 36.4. The van der Waals surface area contributed by atoms with Crippen LogP contribution in [0.25, 0.3) is 0 Å². The first-order valence-corrected chi connectivity index (χ1v) is 23.6. The molecule has 0 bridgehead atoms. The maximum atomic E-state index is 12.8. The van der Waals surface area contributed by atoms with Gasteiger partial charge in [-0.25, -0.2) is 4.79 Å². The molecule has 0 fully saturated rings. The zero-order chi connectivity index (χ0) is 41.2. The number of hydrogen-bond donors (Lipinski definition) is 4. The molecule has 0 aliphatic carbocycles. The number of nitrogens with one attached hydrogen (secondary N) is 2. The lowest BCUT2D eigenvalue weighted by Crippen LogP contribution is -2.47. The van der Waals surface area contributed by atoms with Crippen LogP contribution in [0.1, 0.15) is 239 Å². The molecular weight excluding hydrogens is 705 g/mol. The van der Waals surface area contributed by atoms with E-state index >= 15 is 0 Å². The minimum atomic E-state index is -1.38. The Hall–Kier alpha value is -2.42. The van der Waals surface area contributed by atoms with Crippen molar-refractivity contribution in [3.63, 3.8) is 0 Å². The van der Waals surface area contributed by atoms with Crippen molar-refractivity contribution in [1.82, 2.24) is 10.6 Å². The number of esters is 1. The van der Waals surface area contributed by atoms with Gasteiger partial charge in [0.05, 0.1) is 13.2 Å². The number of amides is 2. The number of rotatable bonds is 43. The van der Waals surface area contributed by atoms with Crippen LogP contribution in [0, 0.1) is 0 Å². The molecule has 9 nitrogen and oxygen atoms in total. The van der Waals surface area contributed by atoms with Gasteiger partial charge in [0, 0.05) is 12.8 Å². The Morgan fingerprint density at radius 1 is 0.518 bits per heavy atom. The van der Waals surface area contributed by atoms with Gasteiger partial charge in [-0.2, -0.15) is 0 Å². The van der Waals surface area contributed by atoms with Crippen LogP contribution >= 0.6 is 0 Å². The average Bonchev–Trinajstić information content (AvgIpc) is 3.18. The number of carbonyl (C=O) groups is 4. The van der Waals surface area contributed by atoms with Crippen LogP contribution in [0.15, 0.2) is 12.2 Å². The highest BCUT2D eigenvalue weighted by Crippen LogP contribution is 2.18. The lowest BCUT2D eigenvalue weighted by molar-refractivity contribution is -0.150. The largest absolute Gasteiger partial charge is 0.480 e. The van der Waals surface area contributed by atoms with E-state index < -0.39 is 24.5 Å². The highest BCUT2D eigenvalue weighted by molar-refractivity contribution is 5.87. The zero-order valence-electron chi connectivity index (χ0n) is 36.4. The monoisotopic (exact) mass is 793 g/mol. The van der Waals surface area contributed by atoms with Crippen molar-refractivity contribution in [2.75, 3.05) is 13.2 Å². The molecule has 0 saturated heterocycles. The van der Waals surface area contributed by atoms with Crippen LogP contribution in [-0.4, -0.2) is 59.3 Å². The third-order valence-corrected chi connectivity index (χ3v) is 10.8. The van der Waals surface area contributed by atoms with Gasteiger partial charge in [-0.1, -0.05) is 180 Å². The third-order valence-electron chi connectivity index (χ3n) is 10.8. The molecule has 0 aromatic carbocycles. The van der Waals surface area contributed by atoms with Crippen LogP contribution in [0.2, 0.25) is 0 Å². The minimum absolute atomic E-state index is 0.0385.